The number of carbonyl (C=O) groups is 2. The van der Waals surface area contributed by atoms with E-state index in [1.54, 1.807) is 19.9 Å². The lowest BCUT2D eigenvalue weighted by molar-refractivity contribution is -0.136. The SMILES string of the molecule is CCC(C)(OC)C(=O)Nc1cc(C)c(C)c(C(=O)O)c1. The van der Waals surface area contributed by atoms with E-state index in [4.69, 9.17) is 9.84 Å². The van der Waals surface area contributed by atoms with Crippen LogP contribution in [0.3, 0.4) is 0 Å². The van der Waals surface area contributed by atoms with Crippen molar-refractivity contribution in [3.63, 3.8) is 0 Å². The second kappa shape index (κ2) is 6.05. The topological polar surface area (TPSA) is 75.6 Å². The molecule has 1 atom stereocenters. The van der Waals surface area contributed by atoms with E-state index in [0.29, 0.717) is 17.7 Å². The minimum Gasteiger partial charge on any atom is -0.478 e. The Balaban J connectivity index is 3.11. The van der Waals surface area contributed by atoms with Gasteiger partial charge in [0.1, 0.15) is 5.60 Å². The first-order chi connectivity index (χ1) is 9.25. The molecule has 0 radical (unpaired) electrons. The Morgan fingerprint density at radius 1 is 1.35 bits per heavy atom. The molecule has 1 unspecified atom stereocenters. The zero-order chi connectivity index (χ0) is 15.5. The molecule has 0 aliphatic carbocycles. The van der Waals surface area contributed by atoms with Gasteiger partial charge in [0.05, 0.1) is 5.56 Å². The van der Waals surface area contributed by atoms with Gasteiger partial charge in [-0.2, -0.15) is 0 Å². The van der Waals surface area contributed by atoms with Crippen molar-refractivity contribution in [1.29, 1.82) is 0 Å². The normalized spacial score (nSPS) is 13.7. The van der Waals surface area contributed by atoms with E-state index in [0.717, 1.165) is 5.56 Å². The molecule has 0 aromatic heterocycles. The summed E-state index contributed by atoms with van der Waals surface area (Å²) < 4.78 is 5.22. The highest BCUT2D eigenvalue weighted by molar-refractivity contribution is 5.99. The first kappa shape index (κ1) is 16.2. The molecule has 0 spiro atoms. The monoisotopic (exact) mass is 279 g/mol. The van der Waals surface area contributed by atoms with E-state index >= 15 is 0 Å². The van der Waals surface area contributed by atoms with Gasteiger partial charge in [-0.25, -0.2) is 4.79 Å². The number of hydrogen-bond donors (Lipinski definition) is 2. The van der Waals surface area contributed by atoms with Gasteiger partial charge in [-0.15, -0.1) is 0 Å². The van der Waals surface area contributed by atoms with Gasteiger partial charge in [-0.05, 0) is 50.5 Å². The molecular formula is C15H21NO4. The van der Waals surface area contributed by atoms with E-state index in [9.17, 15) is 9.59 Å². The molecular weight excluding hydrogens is 258 g/mol. The van der Waals surface area contributed by atoms with E-state index in [2.05, 4.69) is 5.32 Å². The van der Waals surface area contributed by atoms with E-state index in [-0.39, 0.29) is 11.5 Å². The molecule has 0 saturated carbocycles. The highest BCUT2D eigenvalue weighted by Crippen LogP contribution is 2.22. The zero-order valence-corrected chi connectivity index (χ0v) is 12.5. The fourth-order valence-electron chi connectivity index (χ4n) is 1.81. The van der Waals surface area contributed by atoms with Crippen LogP contribution in [0.25, 0.3) is 0 Å². The third-order valence-electron chi connectivity index (χ3n) is 3.76. The lowest BCUT2D eigenvalue weighted by atomic mass is 10.00. The Morgan fingerprint density at radius 2 is 1.95 bits per heavy atom. The van der Waals surface area contributed by atoms with Gasteiger partial charge in [0.15, 0.2) is 0 Å². The molecule has 1 rings (SSSR count). The van der Waals surface area contributed by atoms with Gasteiger partial charge in [0, 0.05) is 12.8 Å². The molecule has 0 aliphatic heterocycles. The molecule has 20 heavy (non-hydrogen) atoms. The summed E-state index contributed by atoms with van der Waals surface area (Å²) in [6.07, 6.45) is 0.520. The Kier molecular flexibility index (Phi) is 4.89. The van der Waals surface area contributed by atoms with Crippen molar-refractivity contribution in [3.8, 4) is 0 Å². The standard InChI is InChI=1S/C15H21NO4/c1-6-15(4,20-5)14(19)16-11-7-9(2)10(3)12(8-11)13(17)18/h7-8H,6H2,1-5H3,(H,16,19)(H,17,18). The fourth-order valence-corrected chi connectivity index (χ4v) is 1.81. The van der Waals surface area contributed by atoms with Crippen molar-refractivity contribution in [1.82, 2.24) is 0 Å². The first-order valence-corrected chi connectivity index (χ1v) is 6.46. The lowest BCUT2D eigenvalue weighted by Crippen LogP contribution is -2.41. The average Bonchev–Trinajstić information content (AvgIpc) is 2.41. The van der Waals surface area contributed by atoms with Crippen molar-refractivity contribution in [2.24, 2.45) is 0 Å². The highest BCUT2D eigenvalue weighted by Gasteiger charge is 2.31. The van der Waals surface area contributed by atoms with Crippen LogP contribution in [0.2, 0.25) is 0 Å². The molecule has 5 nitrogen and oxygen atoms in total. The molecule has 5 heteroatoms. The summed E-state index contributed by atoms with van der Waals surface area (Å²) in [7, 11) is 1.48. The molecule has 2 N–H and O–H groups in total. The van der Waals surface area contributed by atoms with Crippen LogP contribution in [0.15, 0.2) is 12.1 Å². The van der Waals surface area contributed by atoms with E-state index in [1.807, 2.05) is 13.8 Å². The molecule has 1 amide bonds. The number of carboxylic acids is 1. The van der Waals surface area contributed by atoms with Crippen molar-refractivity contribution in [3.05, 3.63) is 28.8 Å². The maximum absolute atomic E-state index is 12.2. The number of methoxy groups -OCH3 is 1. The maximum atomic E-state index is 12.2. The third-order valence-corrected chi connectivity index (χ3v) is 3.76. The van der Waals surface area contributed by atoms with Crippen LogP contribution in [-0.4, -0.2) is 29.7 Å². The number of carbonyl (C=O) groups excluding carboxylic acids is 1. The van der Waals surface area contributed by atoms with Gasteiger partial charge >= 0.3 is 5.97 Å². The zero-order valence-electron chi connectivity index (χ0n) is 12.5. The van der Waals surface area contributed by atoms with Crippen molar-refractivity contribution in [2.75, 3.05) is 12.4 Å². The lowest BCUT2D eigenvalue weighted by Gasteiger charge is -2.25. The summed E-state index contributed by atoms with van der Waals surface area (Å²) in [5.74, 6) is -1.30. The molecule has 0 saturated heterocycles. The molecule has 0 aliphatic rings. The maximum Gasteiger partial charge on any atom is 0.336 e. The van der Waals surface area contributed by atoms with E-state index in [1.165, 1.54) is 13.2 Å². The molecule has 0 bridgehead atoms. The predicted octanol–water partition coefficient (Wildman–Crippen LogP) is 2.76. The van der Waals surface area contributed by atoms with E-state index < -0.39 is 11.6 Å². The number of carboxylic acid groups (broad SMARTS) is 1. The quantitative estimate of drug-likeness (QED) is 0.869. The van der Waals surface area contributed by atoms with Gasteiger partial charge < -0.3 is 15.2 Å². The minimum absolute atomic E-state index is 0.191. The number of nitrogens with one attached hydrogen (secondary N) is 1. The van der Waals surface area contributed by atoms with Gasteiger partial charge in [-0.3, -0.25) is 4.79 Å². The third kappa shape index (κ3) is 3.17. The predicted molar refractivity (Wildman–Crippen MR) is 77.2 cm³/mol. The number of aryl methyl sites for hydroxylation is 1. The Morgan fingerprint density at radius 3 is 2.40 bits per heavy atom. The van der Waals surface area contributed by atoms with Crippen LogP contribution in [0, 0.1) is 13.8 Å². The highest BCUT2D eigenvalue weighted by atomic mass is 16.5. The molecule has 110 valence electrons. The summed E-state index contributed by atoms with van der Waals surface area (Å²) in [6.45, 7) is 7.11. The summed E-state index contributed by atoms with van der Waals surface area (Å²) in [4.78, 5) is 23.4. The van der Waals surface area contributed by atoms with Crippen LogP contribution in [0.4, 0.5) is 5.69 Å². The largest absolute Gasteiger partial charge is 0.478 e. The molecule has 0 heterocycles. The number of aromatic carboxylic acids is 1. The van der Waals surface area contributed by atoms with Crippen LogP contribution in [0.1, 0.15) is 41.8 Å². The summed E-state index contributed by atoms with van der Waals surface area (Å²) >= 11 is 0. The van der Waals surface area contributed by atoms with Gasteiger partial charge in [0.25, 0.3) is 5.91 Å². The van der Waals surface area contributed by atoms with Crippen LogP contribution >= 0.6 is 0 Å². The minimum atomic E-state index is -1.01. The van der Waals surface area contributed by atoms with Crippen molar-refractivity contribution < 1.29 is 19.4 Å². The summed E-state index contributed by atoms with van der Waals surface area (Å²) in [5.41, 5.74) is 1.24. The Bertz CT molecular complexity index is 533. The number of ether oxygens (including phenoxy) is 1. The number of anilines is 1. The van der Waals surface area contributed by atoms with Crippen molar-refractivity contribution >= 4 is 17.6 Å². The van der Waals surface area contributed by atoms with Crippen LogP contribution in [0.5, 0.6) is 0 Å². The number of hydrogen-bond acceptors (Lipinski definition) is 3. The second-order valence-electron chi connectivity index (χ2n) is 5.01. The van der Waals surface area contributed by atoms with Crippen molar-refractivity contribution in [2.45, 2.75) is 39.7 Å². The first-order valence-electron chi connectivity index (χ1n) is 6.46. The van der Waals surface area contributed by atoms with Crippen LogP contribution in [-0.2, 0) is 9.53 Å². The average molecular weight is 279 g/mol. The van der Waals surface area contributed by atoms with Crippen LogP contribution < -0.4 is 5.32 Å². The fraction of sp³-hybridized carbons (Fsp3) is 0.467. The Hall–Kier alpha value is -1.88. The van der Waals surface area contributed by atoms with Gasteiger partial charge in [0.2, 0.25) is 0 Å². The second-order valence-corrected chi connectivity index (χ2v) is 5.01. The molecule has 1 aromatic carbocycles. The van der Waals surface area contributed by atoms with Gasteiger partial charge in [-0.1, -0.05) is 6.92 Å². The molecule has 1 aromatic rings. The number of benzene rings is 1. The Labute approximate surface area is 118 Å². The smallest absolute Gasteiger partial charge is 0.336 e. The number of rotatable bonds is 5. The number of amides is 1. The summed E-state index contributed by atoms with van der Waals surface area (Å²) in [6, 6.07) is 3.22. The molecule has 0 fully saturated rings. The summed E-state index contributed by atoms with van der Waals surface area (Å²) in [5, 5.41) is 11.9.